The second kappa shape index (κ2) is 5.36. The van der Waals surface area contributed by atoms with Crippen LogP contribution in [-0.4, -0.2) is 22.7 Å². The minimum atomic E-state index is 0.0430. The lowest BCUT2D eigenvalue weighted by Gasteiger charge is -2.26. The Morgan fingerprint density at radius 2 is 2.05 bits per heavy atom. The van der Waals surface area contributed by atoms with Gasteiger partial charge in [-0.3, -0.25) is 0 Å². The molecule has 2 aromatic rings. The molecule has 0 saturated heterocycles. The van der Waals surface area contributed by atoms with E-state index >= 15 is 0 Å². The zero-order chi connectivity index (χ0) is 13.9. The highest BCUT2D eigenvalue weighted by molar-refractivity contribution is 5.40. The first kappa shape index (κ1) is 12.7. The molecule has 5 heteroatoms. The summed E-state index contributed by atoms with van der Waals surface area (Å²) < 4.78 is 11.6. The molecule has 1 aromatic carbocycles. The second-order valence-corrected chi connectivity index (χ2v) is 4.90. The molecule has 0 fully saturated rings. The van der Waals surface area contributed by atoms with Crippen molar-refractivity contribution in [3.63, 3.8) is 0 Å². The van der Waals surface area contributed by atoms with Gasteiger partial charge in [0.05, 0.1) is 0 Å². The van der Waals surface area contributed by atoms with Gasteiger partial charge in [-0.2, -0.15) is 0 Å². The van der Waals surface area contributed by atoms with Gasteiger partial charge in [-0.05, 0) is 38.0 Å². The molecular weight excluding hydrogens is 254 g/mol. The fourth-order valence-electron chi connectivity index (χ4n) is 2.30. The van der Waals surface area contributed by atoms with Crippen LogP contribution >= 0.6 is 0 Å². The Kier molecular flexibility index (Phi) is 3.41. The summed E-state index contributed by atoms with van der Waals surface area (Å²) >= 11 is 0. The maximum absolute atomic E-state index is 5.91. The van der Waals surface area contributed by atoms with Crippen LogP contribution in [0.3, 0.4) is 0 Å². The van der Waals surface area contributed by atoms with Crippen LogP contribution in [-0.2, 0) is 6.42 Å². The zero-order valence-corrected chi connectivity index (χ0v) is 11.4. The molecule has 5 nitrogen and oxygen atoms in total. The average molecular weight is 271 g/mol. The Morgan fingerprint density at radius 1 is 1.25 bits per heavy atom. The number of aryl methyl sites for hydroxylation is 2. The highest BCUT2D eigenvalue weighted by Gasteiger charge is 2.20. The average Bonchev–Trinajstić information content (AvgIpc) is 2.44. The SMILES string of the molecule is Cc1cc(CC[C@H]2COc3ccccc3O2)nc(N)n1. The standard InChI is InChI=1S/C15H17N3O2/c1-10-8-11(18-15(16)17-10)6-7-12-9-19-13-4-2-3-5-14(13)20-12/h2-5,8,12H,6-7,9H2,1H3,(H2,16,17,18)/t12-/m0/s1. The van der Waals surface area contributed by atoms with Crippen molar-refractivity contribution in [1.82, 2.24) is 9.97 Å². The van der Waals surface area contributed by atoms with E-state index in [2.05, 4.69) is 9.97 Å². The molecule has 1 aromatic heterocycles. The first-order valence-electron chi connectivity index (χ1n) is 6.69. The highest BCUT2D eigenvalue weighted by Crippen LogP contribution is 2.31. The third-order valence-corrected chi connectivity index (χ3v) is 3.21. The number of rotatable bonds is 3. The Hall–Kier alpha value is -2.30. The van der Waals surface area contributed by atoms with Crippen molar-refractivity contribution < 1.29 is 9.47 Å². The molecule has 104 valence electrons. The van der Waals surface area contributed by atoms with Crippen molar-refractivity contribution in [3.8, 4) is 11.5 Å². The molecule has 1 aliphatic rings. The number of nitrogens with two attached hydrogens (primary N) is 1. The molecule has 1 atom stereocenters. The van der Waals surface area contributed by atoms with Gasteiger partial charge in [0.1, 0.15) is 12.7 Å². The van der Waals surface area contributed by atoms with Gasteiger partial charge >= 0.3 is 0 Å². The summed E-state index contributed by atoms with van der Waals surface area (Å²) in [5.41, 5.74) is 7.48. The van der Waals surface area contributed by atoms with Crippen LogP contribution in [0.2, 0.25) is 0 Å². The molecule has 0 amide bonds. The lowest BCUT2D eigenvalue weighted by molar-refractivity contribution is 0.0849. The number of ether oxygens (including phenoxy) is 2. The number of aromatic nitrogens is 2. The van der Waals surface area contributed by atoms with Crippen LogP contribution in [0.15, 0.2) is 30.3 Å². The maximum atomic E-state index is 5.91. The predicted octanol–water partition coefficient (Wildman–Crippen LogP) is 2.14. The minimum absolute atomic E-state index is 0.0430. The topological polar surface area (TPSA) is 70.3 Å². The Labute approximate surface area is 117 Å². The fraction of sp³-hybridized carbons (Fsp3) is 0.333. The maximum Gasteiger partial charge on any atom is 0.220 e. The van der Waals surface area contributed by atoms with Crippen molar-refractivity contribution in [3.05, 3.63) is 41.7 Å². The van der Waals surface area contributed by atoms with E-state index in [0.29, 0.717) is 12.6 Å². The Balaban J connectivity index is 1.62. The molecule has 0 spiro atoms. The largest absolute Gasteiger partial charge is 0.486 e. The van der Waals surface area contributed by atoms with Gasteiger partial charge in [0.25, 0.3) is 0 Å². The quantitative estimate of drug-likeness (QED) is 0.926. The van der Waals surface area contributed by atoms with E-state index in [1.54, 1.807) is 0 Å². The molecule has 0 radical (unpaired) electrons. The number of benzene rings is 1. The number of nitrogens with zero attached hydrogens (tertiary/aromatic N) is 2. The third kappa shape index (κ3) is 2.82. The smallest absolute Gasteiger partial charge is 0.220 e. The van der Waals surface area contributed by atoms with Gasteiger partial charge in [0, 0.05) is 11.4 Å². The highest BCUT2D eigenvalue weighted by atomic mass is 16.6. The van der Waals surface area contributed by atoms with Gasteiger partial charge in [-0.1, -0.05) is 12.1 Å². The summed E-state index contributed by atoms with van der Waals surface area (Å²) in [5.74, 6) is 1.94. The second-order valence-electron chi connectivity index (χ2n) is 4.90. The molecule has 2 heterocycles. The molecule has 3 rings (SSSR count). The molecule has 1 aliphatic heterocycles. The summed E-state index contributed by atoms with van der Waals surface area (Å²) in [6.45, 7) is 2.48. The number of anilines is 1. The summed E-state index contributed by atoms with van der Waals surface area (Å²) in [6.07, 6.45) is 1.68. The van der Waals surface area contributed by atoms with E-state index in [1.807, 2.05) is 37.3 Å². The first-order chi connectivity index (χ1) is 9.70. The van der Waals surface area contributed by atoms with E-state index in [1.165, 1.54) is 0 Å². The van der Waals surface area contributed by atoms with Gasteiger partial charge in [-0.25, -0.2) is 9.97 Å². The van der Waals surface area contributed by atoms with Crippen LogP contribution in [0.5, 0.6) is 11.5 Å². The predicted molar refractivity (Wildman–Crippen MR) is 75.9 cm³/mol. The van der Waals surface area contributed by atoms with Crippen molar-refractivity contribution in [2.75, 3.05) is 12.3 Å². The monoisotopic (exact) mass is 271 g/mol. The molecule has 2 N–H and O–H groups in total. The number of nitrogen functional groups attached to an aromatic ring is 1. The lowest BCUT2D eigenvalue weighted by atomic mass is 10.1. The van der Waals surface area contributed by atoms with Gasteiger partial charge in [0.2, 0.25) is 5.95 Å². The normalized spacial score (nSPS) is 16.9. The van der Waals surface area contributed by atoms with Gasteiger partial charge in [0.15, 0.2) is 11.5 Å². The molecule has 0 unspecified atom stereocenters. The van der Waals surface area contributed by atoms with E-state index in [0.717, 1.165) is 35.7 Å². The summed E-state index contributed by atoms with van der Waals surface area (Å²) in [7, 11) is 0. The first-order valence-corrected chi connectivity index (χ1v) is 6.69. The number of hydrogen-bond donors (Lipinski definition) is 1. The van der Waals surface area contributed by atoms with E-state index in [4.69, 9.17) is 15.2 Å². The molecule has 0 aliphatic carbocycles. The third-order valence-electron chi connectivity index (χ3n) is 3.21. The van der Waals surface area contributed by atoms with Crippen molar-refractivity contribution in [1.29, 1.82) is 0 Å². The molecule has 0 saturated carbocycles. The van der Waals surface area contributed by atoms with E-state index in [-0.39, 0.29) is 6.10 Å². The van der Waals surface area contributed by atoms with Crippen LogP contribution in [0.1, 0.15) is 17.8 Å². The van der Waals surface area contributed by atoms with Crippen LogP contribution in [0.4, 0.5) is 5.95 Å². The van der Waals surface area contributed by atoms with Crippen LogP contribution < -0.4 is 15.2 Å². The van der Waals surface area contributed by atoms with Crippen LogP contribution in [0, 0.1) is 6.92 Å². The van der Waals surface area contributed by atoms with Gasteiger partial charge < -0.3 is 15.2 Å². The van der Waals surface area contributed by atoms with E-state index < -0.39 is 0 Å². The number of para-hydroxylation sites is 2. The Morgan fingerprint density at radius 3 is 2.85 bits per heavy atom. The minimum Gasteiger partial charge on any atom is -0.486 e. The Bertz CT molecular complexity index is 596. The summed E-state index contributed by atoms with van der Waals surface area (Å²) in [4.78, 5) is 8.30. The van der Waals surface area contributed by atoms with Crippen molar-refractivity contribution in [2.24, 2.45) is 0 Å². The summed E-state index contributed by atoms with van der Waals surface area (Å²) in [6, 6.07) is 9.68. The molecule has 0 bridgehead atoms. The van der Waals surface area contributed by atoms with Crippen molar-refractivity contribution >= 4 is 5.95 Å². The van der Waals surface area contributed by atoms with Crippen molar-refractivity contribution in [2.45, 2.75) is 25.9 Å². The fourth-order valence-corrected chi connectivity index (χ4v) is 2.30. The van der Waals surface area contributed by atoms with E-state index in [9.17, 15) is 0 Å². The number of fused-ring (bicyclic) bond motifs is 1. The van der Waals surface area contributed by atoms with Gasteiger partial charge in [-0.15, -0.1) is 0 Å². The molecule has 20 heavy (non-hydrogen) atoms. The lowest BCUT2D eigenvalue weighted by Crippen LogP contribution is -2.29. The number of hydrogen-bond acceptors (Lipinski definition) is 5. The zero-order valence-electron chi connectivity index (χ0n) is 11.4. The molecular formula is C15H17N3O2. The summed E-state index contributed by atoms with van der Waals surface area (Å²) in [5, 5.41) is 0. The van der Waals surface area contributed by atoms with Crippen LogP contribution in [0.25, 0.3) is 0 Å².